The van der Waals surface area contributed by atoms with Gasteiger partial charge in [0.25, 0.3) is 0 Å². The fourth-order valence-corrected chi connectivity index (χ4v) is 3.84. The molecule has 0 unspecified atom stereocenters. The summed E-state index contributed by atoms with van der Waals surface area (Å²) in [5.41, 5.74) is 5.59. The standard InChI is InChI=1S/C12H13N3O4S2/c1-14(7-9-5-6-20-8-9)21(18,19)11-4-2-3-10(13)12(11)15(16)17/h2-6,8H,7,13H2,1H3. The van der Waals surface area contributed by atoms with Crippen molar-refractivity contribution in [1.29, 1.82) is 0 Å². The van der Waals surface area contributed by atoms with E-state index in [0.29, 0.717) is 0 Å². The van der Waals surface area contributed by atoms with Gasteiger partial charge in [0.05, 0.1) is 4.92 Å². The van der Waals surface area contributed by atoms with E-state index in [0.717, 1.165) is 9.87 Å². The highest BCUT2D eigenvalue weighted by molar-refractivity contribution is 7.89. The fraction of sp³-hybridized carbons (Fsp3) is 0.167. The Morgan fingerprint density at radius 2 is 2.10 bits per heavy atom. The molecule has 2 N–H and O–H groups in total. The summed E-state index contributed by atoms with van der Waals surface area (Å²) in [4.78, 5) is 9.90. The molecule has 1 aromatic heterocycles. The third-order valence-electron chi connectivity index (χ3n) is 2.89. The van der Waals surface area contributed by atoms with Gasteiger partial charge in [-0.05, 0) is 34.5 Å². The maximum Gasteiger partial charge on any atom is 0.312 e. The molecule has 0 fully saturated rings. The Hall–Kier alpha value is -1.97. The van der Waals surface area contributed by atoms with E-state index in [4.69, 9.17) is 5.73 Å². The molecule has 1 aromatic carbocycles. The number of para-hydroxylation sites is 1. The lowest BCUT2D eigenvalue weighted by molar-refractivity contribution is -0.386. The van der Waals surface area contributed by atoms with Gasteiger partial charge in [0.2, 0.25) is 10.0 Å². The monoisotopic (exact) mass is 327 g/mol. The van der Waals surface area contributed by atoms with Crippen molar-refractivity contribution in [2.45, 2.75) is 11.4 Å². The Morgan fingerprint density at radius 1 is 1.38 bits per heavy atom. The topological polar surface area (TPSA) is 107 Å². The summed E-state index contributed by atoms with van der Waals surface area (Å²) in [5.74, 6) is 0. The predicted octanol–water partition coefficient (Wildman–Crippen LogP) is 2.06. The van der Waals surface area contributed by atoms with Crippen LogP contribution >= 0.6 is 11.3 Å². The highest BCUT2D eigenvalue weighted by Gasteiger charge is 2.31. The second-order valence-electron chi connectivity index (χ2n) is 4.34. The van der Waals surface area contributed by atoms with Crippen LogP contribution in [0.15, 0.2) is 39.9 Å². The minimum atomic E-state index is -4.00. The molecule has 2 rings (SSSR count). The Labute approximate surface area is 125 Å². The zero-order chi connectivity index (χ0) is 15.6. The summed E-state index contributed by atoms with van der Waals surface area (Å²) in [6, 6.07) is 5.67. The fourth-order valence-electron chi connectivity index (χ4n) is 1.84. The van der Waals surface area contributed by atoms with E-state index in [-0.39, 0.29) is 12.2 Å². The van der Waals surface area contributed by atoms with E-state index in [1.54, 1.807) is 6.07 Å². The van der Waals surface area contributed by atoms with Crippen LogP contribution in [0.5, 0.6) is 0 Å². The zero-order valence-electron chi connectivity index (χ0n) is 11.1. The second kappa shape index (κ2) is 5.80. The van der Waals surface area contributed by atoms with Crippen LogP contribution in [0.1, 0.15) is 5.56 Å². The van der Waals surface area contributed by atoms with Crippen LogP contribution in [0, 0.1) is 10.1 Å². The lowest BCUT2D eigenvalue weighted by Crippen LogP contribution is -2.27. The number of nitro groups is 1. The van der Waals surface area contributed by atoms with Crippen molar-refractivity contribution in [3.63, 3.8) is 0 Å². The number of benzene rings is 1. The number of nitrogen functional groups attached to an aromatic ring is 1. The van der Waals surface area contributed by atoms with Gasteiger partial charge < -0.3 is 5.73 Å². The van der Waals surface area contributed by atoms with Gasteiger partial charge in [-0.3, -0.25) is 10.1 Å². The van der Waals surface area contributed by atoms with E-state index in [1.807, 2.05) is 10.8 Å². The zero-order valence-corrected chi connectivity index (χ0v) is 12.7. The van der Waals surface area contributed by atoms with Gasteiger partial charge in [0, 0.05) is 13.6 Å². The number of hydrogen-bond donors (Lipinski definition) is 1. The number of sulfonamides is 1. The number of nitro benzene ring substituents is 1. The molecule has 7 nitrogen and oxygen atoms in total. The number of hydrogen-bond acceptors (Lipinski definition) is 6. The number of nitrogens with zero attached hydrogens (tertiary/aromatic N) is 2. The van der Waals surface area contributed by atoms with Crippen LogP contribution < -0.4 is 5.73 Å². The Bertz CT molecular complexity index is 757. The number of nitrogens with two attached hydrogens (primary N) is 1. The van der Waals surface area contributed by atoms with Crippen LogP contribution in [0.4, 0.5) is 11.4 Å². The lowest BCUT2D eigenvalue weighted by atomic mass is 10.3. The SMILES string of the molecule is CN(Cc1ccsc1)S(=O)(=O)c1cccc(N)c1[N+](=O)[O-]. The van der Waals surface area contributed by atoms with Crippen molar-refractivity contribution >= 4 is 32.7 Å². The summed E-state index contributed by atoms with van der Waals surface area (Å²) in [6.45, 7) is 0.137. The van der Waals surface area contributed by atoms with Crippen molar-refractivity contribution in [2.75, 3.05) is 12.8 Å². The van der Waals surface area contributed by atoms with Crippen molar-refractivity contribution in [2.24, 2.45) is 0 Å². The van der Waals surface area contributed by atoms with Crippen LogP contribution in [-0.4, -0.2) is 24.7 Å². The van der Waals surface area contributed by atoms with Crippen molar-refractivity contribution in [3.8, 4) is 0 Å². The van der Waals surface area contributed by atoms with Crippen LogP contribution in [-0.2, 0) is 16.6 Å². The molecule has 21 heavy (non-hydrogen) atoms. The highest BCUT2D eigenvalue weighted by atomic mass is 32.2. The summed E-state index contributed by atoms with van der Waals surface area (Å²) >= 11 is 1.45. The smallest absolute Gasteiger partial charge is 0.312 e. The first kappa shape index (κ1) is 15.4. The second-order valence-corrected chi connectivity index (χ2v) is 7.14. The number of anilines is 1. The van der Waals surface area contributed by atoms with Crippen LogP contribution in [0.2, 0.25) is 0 Å². The van der Waals surface area contributed by atoms with Gasteiger partial charge >= 0.3 is 5.69 Å². The van der Waals surface area contributed by atoms with Gasteiger partial charge in [-0.25, -0.2) is 8.42 Å². The summed E-state index contributed by atoms with van der Waals surface area (Å²) in [6.07, 6.45) is 0. The van der Waals surface area contributed by atoms with E-state index in [2.05, 4.69) is 0 Å². The average molecular weight is 327 g/mol. The van der Waals surface area contributed by atoms with Gasteiger partial charge in [0.1, 0.15) is 5.69 Å². The molecule has 0 aliphatic rings. The van der Waals surface area contributed by atoms with Gasteiger partial charge in [-0.15, -0.1) is 0 Å². The first-order valence-corrected chi connectivity index (χ1v) is 8.22. The Balaban J connectivity index is 2.44. The van der Waals surface area contributed by atoms with E-state index in [9.17, 15) is 18.5 Å². The van der Waals surface area contributed by atoms with Crippen molar-refractivity contribution in [1.82, 2.24) is 4.31 Å². The van der Waals surface area contributed by atoms with Gasteiger partial charge in [0.15, 0.2) is 4.90 Å². The molecular weight excluding hydrogens is 314 g/mol. The molecule has 0 bridgehead atoms. The maximum atomic E-state index is 12.5. The third kappa shape index (κ3) is 3.04. The van der Waals surface area contributed by atoms with Gasteiger partial charge in [-0.1, -0.05) is 6.07 Å². The minimum absolute atomic E-state index is 0.137. The Kier molecular flexibility index (Phi) is 4.26. The molecule has 0 saturated carbocycles. The highest BCUT2D eigenvalue weighted by Crippen LogP contribution is 2.31. The largest absolute Gasteiger partial charge is 0.393 e. The molecule has 2 aromatic rings. The quantitative estimate of drug-likeness (QED) is 0.514. The van der Waals surface area contributed by atoms with E-state index < -0.39 is 25.5 Å². The molecule has 0 amide bonds. The summed E-state index contributed by atoms with van der Waals surface area (Å²) in [5, 5.41) is 14.7. The lowest BCUT2D eigenvalue weighted by Gasteiger charge is -2.16. The summed E-state index contributed by atoms with van der Waals surface area (Å²) < 4.78 is 26.1. The van der Waals surface area contributed by atoms with Crippen LogP contribution in [0.25, 0.3) is 0 Å². The Morgan fingerprint density at radius 3 is 2.67 bits per heavy atom. The minimum Gasteiger partial charge on any atom is -0.393 e. The molecular formula is C12H13N3O4S2. The third-order valence-corrected chi connectivity index (χ3v) is 5.45. The van der Waals surface area contributed by atoms with E-state index in [1.165, 1.54) is 36.6 Å². The van der Waals surface area contributed by atoms with Gasteiger partial charge in [-0.2, -0.15) is 15.6 Å². The summed E-state index contributed by atoms with van der Waals surface area (Å²) in [7, 11) is -2.62. The van der Waals surface area contributed by atoms with Crippen molar-refractivity contribution in [3.05, 3.63) is 50.7 Å². The van der Waals surface area contributed by atoms with Crippen molar-refractivity contribution < 1.29 is 13.3 Å². The molecule has 0 aliphatic heterocycles. The first-order valence-electron chi connectivity index (χ1n) is 5.84. The molecule has 0 radical (unpaired) electrons. The van der Waals surface area contributed by atoms with E-state index >= 15 is 0 Å². The number of rotatable bonds is 5. The molecule has 9 heteroatoms. The average Bonchev–Trinajstić information content (AvgIpc) is 2.90. The first-order chi connectivity index (χ1) is 9.84. The normalized spacial score (nSPS) is 11.7. The molecule has 0 saturated heterocycles. The molecule has 112 valence electrons. The predicted molar refractivity (Wildman–Crippen MR) is 80.5 cm³/mol. The maximum absolute atomic E-state index is 12.5. The molecule has 0 atom stereocenters. The van der Waals surface area contributed by atoms with Crippen LogP contribution in [0.3, 0.4) is 0 Å². The molecule has 0 aliphatic carbocycles. The molecule has 0 spiro atoms. The molecule has 1 heterocycles. The number of thiophene rings is 1.